The van der Waals surface area contributed by atoms with Crippen molar-refractivity contribution < 1.29 is 4.39 Å². The molecule has 0 aliphatic carbocycles. The van der Waals surface area contributed by atoms with Crippen LogP contribution in [0.15, 0.2) is 36.4 Å². The number of nitrogens with one attached hydrogen (secondary N) is 1. The van der Waals surface area contributed by atoms with Gasteiger partial charge in [0.05, 0.1) is 5.69 Å². The largest absolute Gasteiger partial charge is 0.367 e. The Morgan fingerprint density at radius 1 is 1.14 bits per heavy atom. The van der Waals surface area contributed by atoms with Crippen LogP contribution in [-0.4, -0.2) is 24.1 Å². The third kappa shape index (κ3) is 1.98. The van der Waals surface area contributed by atoms with E-state index in [0.717, 1.165) is 47.7 Å². The second kappa shape index (κ2) is 4.74. The molecule has 0 unspecified atom stereocenters. The van der Waals surface area contributed by atoms with E-state index in [1.165, 1.54) is 0 Å². The highest BCUT2D eigenvalue weighted by molar-refractivity contribution is 6.13. The van der Waals surface area contributed by atoms with Gasteiger partial charge in [-0.05, 0) is 31.0 Å². The highest BCUT2D eigenvalue weighted by Crippen LogP contribution is 2.36. The first-order chi connectivity index (χ1) is 10.2. The topological polar surface area (TPSA) is 45.0 Å². The van der Waals surface area contributed by atoms with Gasteiger partial charge >= 0.3 is 0 Å². The average Bonchev–Trinajstić information content (AvgIpc) is 2.86. The predicted octanol–water partition coefficient (Wildman–Crippen LogP) is 3.39. The number of aromatic nitrogens is 1. The molecule has 2 heterocycles. The standard InChI is InChI=1S/C17H18FN3/c18-13-7-8-15-16(12-5-1-2-6-14(12)20-15)17(13)21-9-3-4-11(19)10-21/h1-2,5-8,11,20H,3-4,9-10,19H2/t11-/m0/s1. The van der Waals surface area contributed by atoms with Crippen LogP contribution in [-0.2, 0) is 0 Å². The Bertz CT molecular complexity index is 808. The minimum Gasteiger partial charge on any atom is -0.367 e. The summed E-state index contributed by atoms with van der Waals surface area (Å²) in [4.78, 5) is 5.47. The number of H-pyrrole nitrogens is 1. The van der Waals surface area contributed by atoms with E-state index >= 15 is 0 Å². The lowest BCUT2D eigenvalue weighted by Crippen LogP contribution is -2.43. The molecule has 4 rings (SSSR count). The molecule has 3 aromatic rings. The summed E-state index contributed by atoms with van der Waals surface area (Å²) in [6.07, 6.45) is 2.03. The molecule has 4 heteroatoms. The number of nitrogens with zero attached hydrogens (tertiary/aromatic N) is 1. The summed E-state index contributed by atoms with van der Waals surface area (Å²) in [5.41, 5.74) is 8.79. The molecule has 0 amide bonds. The molecule has 2 aromatic carbocycles. The van der Waals surface area contributed by atoms with Crippen LogP contribution in [0.5, 0.6) is 0 Å². The van der Waals surface area contributed by atoms with Gasteiger partial charge < -0.3 is 15.6 Å². The zero-order valence-corrected chi connectivity index (χ0v) is 11.8. The molecule has 21 heavy (non-hydrogen) atoms. The highest BCUT2D eigenvalue weighted by Gasteiger charge is 2.23. The van der Waals surface area contributed by atoms with Crippen molar-refractivity contribution in [3.8, 4) is 0 Å². The summed E-state index contributed by atoms with van der Waals surface area (Å²) in [5, 5.41) is 2.04. The molecule has 1 aliphatic rings. The molecule has 1 aromatic heterocycles. The second-order valence-corrected chi connectivity index (χ2v) is 5.84. The molecule has 108 valence electrons. The number of hydrogen-bond donors (Lipinski definition) is 2. The summed E-state index contributed by atoms with van der Waals surface area (Å²) in [6, 6.07) is 11.5. The van der Waals surface area contributed by atoms with Crippen LogP contribution in [0.4, 0.5) is 10.1 Å². The average molecular weight is 283 g/mol. The van der Waals surface area contributed by atoms with Gasteiger partial charge in [-0.3, -0.25) is 0 Å². The third-order valence-corrected chi connectivity index (χ3v) is 4.37. The van der Waals surface area contributed by atoms with E-state index in [2.05, 4.69) is 9.88 Å². The van der Waals surface area contributed by atoms with Crippen molar-refractivity contribution >= 4 is 27.5 Å². The first-order valence-corrected chi connectivity index (χ1v) is 7.43. The molecule has 0 bridgehead atoms. The number of hydrogen-bond acceptors (Lipinski definition) is 2. The van der Waals surface area contributed by atoms with Crippen LogP contribution >= 0.6 is 0 Å². The van der Waals surface area contributed by atoms with E-state index in [-0.39, 0.29) is 11.9 Å². The summed E-state index contributed by atoms with van der Waals surface area (Å²) in [7, 11) is 0. The molecule has 0 saturated carbocycles. The molecule has 1 saturated heterocycles. The molecular formula is C17H18FN3. The Labute approximate surface area is 122 Å². The highest BCUT2D eigenvalue weighted by atomic mass is 19.1. The van der Waals surface area contributed by atoms with Crippen LogP contribution < -0.4 is 10.6 Å². The second-order valence-electron chi connectivity index (χ2n) is 5.84. The first-order valence-electron chi connectivity index (χ1n) is 7.43. The number of para-hydroxylation sites is 1. The molecule has 1 aliphatic heterocycles. The first kappa shape index (κ1) is 12.7. The van der Waals surface area contributed by atoms with E-state index in [9.17, 15) is 4.39 Å². The fourth-order valence-corrected chi connectivity index (χ4v) is 3.42. The summed E-state index contributed by atoms with van der Waals surface area (Å²) in [6.45, 7) is 1.58. The Morgan fingerprint density at radius 2 is 2.00 bits per heavy atom. The van der Waals surface area contributed by atoms with Gasteiger partial charge in [0.1, 0.15) is 5.82 Å². The van der Waals surface area contributed by atoms with Crippen molar-refractivity contribution in [2.75, 3.05) is 18.0 Å². The van der Waals surface area contributed by atoms with Gasteiger partial charge in [-0.2, -0.15) is 0 Å². The third-order valence-electron chi connectivity index (χ3n) is 4.37. The lowest BCUT2D eigenvalue weighted by Gasteiger charge is -2.33. The van der Waals surface area contributed by atoms with Crippen molar-refractivity contribution in [3.63, 3.8) is 0 Å². The number of piperidine rings is 1. The minimum atomic E-state index is -0.165. The van der Waals surface area contributed by atoms with Crippen molar-refractivity contribution in [1.29, 1.82) is 0 Å². The van der Waals surface area contributed by atoms with Crippen LogP contribution in [0.2, 0.25) is 0 Å². The van der Waals surface area contributed by atoms with Crippen molar-refractivity contribution in [3.05, 3.63) is 42.2 Å². The molecular weight excluding hydrogens is 265 g/mol. The van der Waals surface area contributed by atoms with E-state index in [1.807, 2.05) is 30.3 Å². The summed E-state index contributed by atoms with van der Waals surface area (Å²) < 4.78 is 14.5. The number of rotatable bonds is 1. The number of halogens is 1. The van der Waals surface area contributed by atoms with Gasteiger partial charge in [-0.1, -0.05) is 18.2 Å². The van der Waals surface area contributed by atoms with Gasteiger partial charge in [-0.15, -0.1) is 0 Å². The molecule has 0 radical (unpaired) electrons. The van der Waals surface area contributed by atoms with E-state index < -0.39 is 0 Å². The van der Waals surface area contributed by atoms with Crippen molar-refractivity contribution in [2.45, 2.75) is 18.9 Å². The number of aromatic amines is 1. The van der Waals surface area contributed by atoms with Crippen LogP contribution in [0.3, 0.4) is 0 Å². The van der Waals surface area contributed by atoms with Crippen LogP contribution in [0.25, 0.3) is 21.8 Å². The van der Waals surface area contributed by atoms with E-state index in [4.69, 9.17) is 5.73 Å². The quantitative estimate of drug-likeness (QED) is 0.719. The zero-order valence-electron chi connectivity index (χ0n) is 11.8. The van der Waals surface area contributed by atoms with Crippen LogP contribution in [0, 0.1) is 5.82 Å². The molecule has 3 N–H and O–H groups in total. The van der Waals surface area contributed by atoms with E-state index in [0.29, 0.717) is 5.69 Å². The van der Waals surface area contributed by atoms with E-state index in [1.54, 1.807) is 6.07 Å². The monoisotopic (exact) mass is 283 g/mol. The summed E-state index contributed by atoms with van der Waals surface area (Å²) >= 11 is 0. The zero-order chi connectivity index (χ0) is 14.4. The van der Waals surface area contributed by atoms with Crippen molar-refractivity contribution in [2.24, 2.45) is 5.73 Å². The maximum Gasteiger partial charge on any atom is 0.147 e. The van der Waals surface area contributed by atoms with Gasteiger partial charge in [0.2, 0.25) is 0 Å². The Kier molecular flexibility index (Phi) is 2.86. The fourth-order valence-electron chi connectivity index (χ4n) is 3.42. The normalized spacial score (nSPS) is 19.5. The number of fused-ring (bicyclic) bond motifs is 3. The molecule has 3 nitrogen and oxygen atoms in total. The maximum atomic E-state index is 14.5. The molecule has 0 spiro atoms. The Balaban J connectivity index is 1.99. The number of nitrogens with two attached hydrogens (primary N) is 1. The van der Waals surface area contributed by atoms with Crippen LogP contribution in [0.1, 0.15) is 12.8 Å². The van der Waals surface area contributed by atoms with Gasteiger partial charge in [0.15, 0.2) is 0 Å². The molecule has 1 fully saturated rings. The number of anilines is 1. The lowest BCUT2D eigenvalue weighted by atomic mass is 10.0. The predicted molar refractivity (Wildman–Crippen MR) is 85.2 cm³/mol. The smallest absolute Gasteiger partial charge is 0.147 e. The lowest BCUT2D eigenvalue weighted by molar-refractivity contribution is 0.499. The summed E-state index contributed by atoms with van der Waals surface area (Å²) in [5.74, 6) is -0.165. The van der Waals surface area contributed by atoms with Gasteiger partial charge in [-0.25, -0.2) is 4.39 Å². The van der Waals surface area contributed by atoms with Crippen molar-refractivity contribution in [1.82, 2.24) is 4.98 Å². The number of benzene rings is 2. The van der Waals surface area contributed by atoms with Gasteiger partial charge in [0, 0.05) is 40.9 Å². The Morgan fingerprint density at radius 3 is 2.86 bits per heavy atom. The molecule has 1 atom stereocenters. The van der Waals surface area contributed by atoms with Gasteiger partial charge in [0.25, 0.3) is 0 Å². The maximum absolute atomic E-state index is 14.5. The fraction of sp³-hybridized carbons (Fsp3) is 0.294. The SMILES string of the molecule is N[C@H]1CCCN(c2c(F)ccc3[nH]c4ccccc4c23)C1. The Hall–Kier alpha value is -2.07. The minimum absolute atomic E-state index is 0.124.